The highest BCUT2D eigenvalue weighted by Crippen LogP contribution is 2.38. The smallest absolute Gasteiger partial charge is 0.329 e. The van der Waals surface area contributed by atoms with Crippen LogP contribution in [0, 0.1) is 0 Å². The van der Waals surface area contributed by atoms with Crippen LogP contribution in [-0.2, 0) is 11.0 Å². The molecule has 0 amide bonds. The minimum Gasteiger partial charge on any atom is -0.489 e. The molecule has 2 N–H and O–H groups in total. The zero-order valence-electron chi connectivity index (χ0n) is 8.17. The number of hydrogen-bond acceptors (Lipinski definition) is 2. The fourth-order valence-corrected chi connectivity index (χ4v) is 2.56. The first-order valence-electron chi connectivity index (χ1n) is 4.84. The second-order valence-electron chi connectivity index (χ2n) is 3.73. The number of fused-ring (bicyclic) bond motifs is 1. The molecule has 1 aromatic carbocycles. The molecular weight excluding hydrogens is 215 g/mol. The third kappa shape index (κ3) is 2.81. The van der Waals surface area contributed by atoms with E-state index in [0.717, 1.165) is 17.7 Å². The predicted molar refractivity (Wildman–Crippen MR) is 56.1 cm³/mol. The summed E-state index contributed by atoms with van der Waals surface area (Å²) in [5.74, 6) is 0.752. The minimum atomic E-state index is -3.97. The third-order valence-corrected chi connectivity index (χ3v) is 3.33. The van der Waals surface area contributed by atoms with Gasteiger partial charge in [0.25, 0.3) is 0 Å². The number of rotatable bonds is 2. The lowest BCUT2D eigenvalue weighted by molar-refractivity contribution is 0.186. The first-order valence-corrected chi connectivity index (χ1v) is 6.63. The van der Waals surface area contributed by atoms with Crippen molar-refractivity contribution in [2.75, 3.05) is 6.16 Å². The first-order chi connectivity index (χ1) is 7.04. The maximum absolute atomic E-state index is 10.8. The lowest BCUT2D eigenvalue weighted by atomic mass is 10.0. The van der Waals surface area contributed by atoms with Gasteiger partial charge in [-0.1, -0.05) is 18.2 Å². The molecule has 1 aliphatic rings. The van der Waals surface area contributed by atoms with Crippen LogP contribution in [0.1, 0.15) is 12.0 Å². The largest absolute Gasteiger partial charge is 0.489 e. The number of hydrogen-bond donors (Lipinski definition) is 2. The molecule has 15 heavy (non-hydrogen) atoms. The molecule has 5 heteroatoms. The number of aryl methyl sites for hydroxylation is 1. The Balaban J connectivity index is 2.09. The predicted octanol–water partition coefficient (Wildman–Crippen LogP) is 1.56. The molecule has 4 nitrogen and oxygen atoms in total. The van der Waals surface area contributed by atoms with Crippen LogP contribution in [0.25, 0.3) is 0 Å². The Morgan fingerprint density at radius 3 is 2.87 bits per heavy atom. The summed E-state index contributed by atoms with van der Waals surface area (Å²) in [4.78, 5) is 17.7. The van der Waals surface area contributed by atoms with Gasteiger partial charge in [-0.15, -0.1) is 0 Å². The Kier molecular flexibility index (Phi) is 2.83. The molecular formula is C10H13O4P. The van der Waals surface area contributed by atoms with Gasteiger partial charge in [0.05, 0.1) is 6.16 Å². The van der Waals surface area contributed by atoms with Crippen LogP contribution in [0.2, 0.25) is 0 Å². The Hall–Kier alpha value is -0.830. The first kappa shape index (κ1) is 10.7. The van der Waals surface area contributed by atoms with E-state index in [-0.39, 0.29) is 12.3 Å². The van der Waals surface area contributed by atoms with Gasteiger partial charge in [0.2, 0.25) is 0 Å². The summed E-state index contributed by atoms with van der Waals surface area (Å²) in [6, 6.07) is 7.61. The van der Waals surface area contributed by atoms with Gasteiger partial charge in [-0.3, -0.25) is 4.57 Å². The Morgan fingerprint density at radius 1 is 1.40 bits per heavy atom. The summed E-state index contributed by atoms with van der Waals surface area (Å²) < 4.78 is 16.3. The molecule has 1 atom stereocenters. The van der Waals surface area contributed by atoms with E-state index >= 15 is 0 Å². The molecule has 0 aromatic heterocycles. The van der Waals surface area contributed by atoms with Gasteiger partial charge < -0.3 is 14.5 Å². The van der Waals surface area contributed by atoms with Crippen LogP contribution in [0.5, 0.6) is 5.75 Å². The number of ether oxygens (including phenoxy) is 1. The quantitative estimate of drug-likeness (QED) is 0.754. The van der Waals surface area contributed by atoms with E-state index in [9.17, 15) is 4.57 Å². The maximum Gasteiger partial charge on any atom is 0.329 e. The number of para-hydroxylation sites is 1. The average molecular weight is 228 g/mol. The van der Waals surface area contributed by atoms with Crippen molar-refractivity contribution in [2.45, 2.75) is 18.9 Å². The van der Waals surface area contributed by atoms with Gasteiger partial charge in [-0.05, 0) is 24.5 Å². The van der Waals surface area contributed by atoms with Crippen LogP contribution >= 0.6 is 7.60 Å². The highest BCUT2D eigenvalue weighted by molar-refractivity contribution is 7.51. The van der Waals surface area contributed by atoms with E-state index in [1.54, 1.807) is 0 Å². The van der Waals surface area contributed by atoms with Crippen molar-refractivity contribution in [2.24, 2.45) is 0 Å². The van der Waals surface area contributed by atoms with Crippen LogP contribution in [0.4, 0.5) is 0 Å². The summed E-state index contributed by atoms with van der Waals surface area (Å²) in [5, 5.41) is 0. The molecule has 1 heterocycles. The van der Waals surface area contributed by atoms with E-state index < -0.39 is 7.60 Å². The molecule has 1 unspecified atom stereocenters. The van der Waals surface area contributed by atoms with Gasteiger partial charge in [0.15, 0.2) is 0 Å². The fraction of sp³-hybridized carbons (Fsp3) is 0.400. The van der Waals surface area contributed by atoms with Gasteiger partial charge >= 0.3 is 7.60 Å². The van der Waals surface area contributed by atoms with E-state index in [4.69, 9.17) is 14.5 Å². The van der Waals surface area contributed by atoms with Crippen molar-refractivity contribution in [3.63, 3.8) is 0 Å². The normalized spacial score (nSPS) is 20.5. The standard InChI is InChI=1S/C10H13O4P/c11-15(12,13)7-9-6-5-8-3-1-2-4-10(8)14-9/h1-4,9H,5-7H2,(H2,11,12,13). The lowest BCUT2D eigenvalue weighted by Gasteiger charge is -2.26. The highest BCUT2D eigenvalue weighted by atomic mass is 31.2. The molecule has 0 fully saturated rings. The van der Waals surface area contributed by atoms with Crippen molar-refractivity contribution in [1.29, 1.82) is 0 Å². The molecule has 1 aromatic rings. The Bertz CT molecular complexity index is 398. The fourth-order valence-electron chi connectivity index (χ4n) is 1.77. The van der Waals surface area contributed by atoms with Crippen molar-refractivity contribution >= 4 is 7.60 Å². The van der Waals surface area contributed by atoms with Crippen LogP contribution in [0.3, 0.4) is 0 Å². The molecule has 0 spiro atoms. The van der Waals surface area contributed by atoms with E-state index in [0.29, 0.717) is 6.42 Å². The van der Waals surface area contributed by atoms with Crippen LogP contribution in [-0.4, -0.2) is 22.1 Å². The minimum absolute atomic E-state index is 0.193. The van der Waals surface area contributed by atoms with Gasteiger partial charge in [0, 0.05) is 0 Å². The molecule has 1 aliphatic heterocycles. The molecule has 0 saturated carbocycles. The lowest BCUT2D eigenvalue weighted by Crippen LogP contribution is -2.26. The Morgan fingerprint density at radius 2 is 2.13 bits per heavy atom. The average Bonchev–Trinajstić information content (AvgIpc) is 2.15. The molecule has 2 rings (SSSR count). The summed E-state index contributed by atoms with van der Waals surface area (Å²) in [6.45, 7) is 0. The van der Waals surface area contributed by atoms with Gasteiger partial charge in [-0.25, -0.2) is 0 Å². The van der Waals surface area contributed by atoms with E-state index in [1.165, 1.54) is 0 Å². The van der Waals surface area contributed by atoms with E-state index in [1.807, 2.05) is 24.3 Å². The third-order valence-electron chi connectivity index (χ3n) is 2.44. The summed E-state index contributed by atoms with van der Waals surface area (Å²) in [6.07, 6.45) is 0.935. The van der Waals surface area contributed by atoms with Crippen molar-refractivity contribution < 1.29 is 19.1 Å². The molecule has 82 valence electrons. The zero-order valence-corrected chi connectivity index (χ0v) is 9.06. The van der Waals surface area contributed by atoms with Gasteiger partial charge in [-0.2, -0.15) is 0 Å². The number of benzene rings is 1. The maximum atomic E-state index is 10.8. The monoisotopic (exact) mass is 228 g/mol. The van der Waals surface area contributed by atoms with E-state index in [2.05, 4.69) is 0 Å². The van der Waals surface area contributed by atoms with Crippen molar-refractivity contribution in [1.82, 2.24) is 0 Å². The molecule has 0 saturated heterocycles. The zero-order chi connectivity index (χ0) is 10.9. The molecule has 0 radical (unpaired) electrons. The van der Waals surface area contributed by atoms with Crippen molar-refractivity contribution in [3.05, 3.63) is 29.8 Å². The highest BCUT2D eigenvalue weighted by Gasteiger charge is 2.26. The second-order valence-corrected chi connectivity index (χ2v) is 5.43. The summed E-state index contributed by atoms with van der Waals surface area (Å²) >= 11 is 0. The topological polar surface area (TPSA) is 66.8 Å². The SMILES string of the molecule is O=P(O)(O)CC1CCc2ccccc2O1. The summed E-state index contributed by atoms with van der Waals surface area (Å²) in [5.41, 5.74) is 1.11. The summed E-state index contributed by atoms with van der Waals surface area (Å²) in [7, 11) is -3.97. The van der Waals surface area contributed by atoms with Gasteiger partial charge in [0.1, 0.15) is 11.9 Å². The van der Waals surface area contributed by atoms with Crippen LogP contribution in [0.15, 0.2) is 24.3 Å². The molecule has 0 bridgehead atoms. The molecule has 0 aliphatic carbocycles. The second kappa shape index (κ2) is 3.97. The Labute approximate surface area is 88.1 Å². The van der Waals surface area contributed by atoms with Crippen molar-refractivity contribution in [3.8, 4) is 5.75 Å². The van der Waals surface area contributed by atoms with Crippen LogP contribution < -0.4 is 4.74 Å².